The smallest absolute Gasteiger partial charge is 0.231 e. The van der Waals surface area contributed by atoms with Gasteiger partial charge in [-0.3, -0.25) is 9.59 Å². The number of nitrogens with one attached hydrogen (secondary N) is 2. The molecule has 0 bridgehead atoms. The Bertz CT molecular complexity index is 355. The summed E-state index contributed by atoms with van der Waals surface area (Å²) in [5.41, 5.74) is 1.55. The molecule has 0 aromatic carbocycles. The molecule has 1 saturated heterocycles. The summed E-state index contributed by atoms with van der Waals surface area (Å²) in [6.07, 6.45) is 1.00. The monoisotopic (exact) mass is 226 g/mol. The maximum Gasteiger partial charge on any atom is 0.231 e. The standard InChI is InChI=1S/C8H10N4O2S/c13-6-2-1-5(3-9-6)7(14)11-8-12-10-4-15-8/h4-5H,1-3H2,(H,9,13)(H,11,12,14)/t5-/m1/s1. The normalized spacial score (nSPS) is 20.8. The summed E-state index contributed by atoms with van der Waals surface area (Å²) in [7, 11) is 0. The molecule has 0 spiro atoms. The first kappa shape index (κ1) is 10.0. The Morgan fingerprint density at radius 1 is 1.67 bits per heavy atom. The highest BCUT2D eigenvalue weighted by molar-refractivity contribution is 7.13. The Kier molecular flexibility index (Phi) is 2.91. The molecule has 2 rings (SSSR count). The van der Waals surface area contributed by atoms with Crippen molar-refractivity contribution in [2.75, 3.05) is 11.9 Å². The fourth-order valence-electron chi connectivity index (χ4n) is 1.39. The zero-order valence-corrected chi connectivity index (χ0v) is 8.71. The number of nitrogens with zero attached hydrogens (tertiary/aromatic N) is 2. The lowest BCUT2D eigenvalue weighted by Gasteiger charge is -2.20. The Morgan fingerprint density at radius 2 is 2.53 bits per heavy atom. The van der Waals surface area contributed by atoms with Gasteiger partial charge in [-0.15, -0.1) is 10.2 Å². The largest absolute Gasteiger partial charge is 0.355 e. The first-order valence-electron chi connectivity index (χ1n) is 4.59. The van der Waals surface area contributed by atoms with Gasteiger partial charge in [0.25, 0.3) is 0 Å². The molecular formula is C8H10N4O2S. The van der Waals surface area contributed by atoms with Gasteiger partial charge >= 0.3 is 0 Å². The number of aromatic nitrogens is 2. The van der Waals surface area contributed by atoms with E-state index in [2.05, 4.69) is 20.8 Å². The molecule has 2 N–H and O–H groups in total. The highest BCUT2D eigenvalue weighted by Gasteiger charge is 2.24. The van der Waals surface area contributed by atoms with Gasteiger partial charge in [-0.25, -0.2) is 0 Å². The molecule has 1 aromatic heterocycles. The van der Waals surface area contributed by atoms with Crippen molar-refractivity contribution in [1.82, 2.24) is 15.5 Å². The summed E-state index contributed by atoms with van der Waals surface area (Å²) in [6, 6.07) is 0. The van der Waals surface area contributed by atoms with Crippen LogP contribution < -0.4 is 10.6 Å². The van der Waals surface area contributed by atoms with Crippen LogP contribution in [0.4, 0.5) is 5.13 Å². The van der Waals surface area contributed by atoms with E-state index in [1.54, 1.807) is 5.51 Å². The topological polar surface area (TPSA) is 84.0 Å². The van der Waals surface area contributed by atoms with Gasteiger partial charge in [0.2, 0.25) is 16.9 Å². The fourth-order valence-corrected chi connectivity index (χ4v) is 1.84. The van der Waals surface area contributed by atoms with E-state index < -0.39 is 0 Å². The van der Waals surface area contributed by atoms with Gasteiger partial charge in [-0.05, 0) is 6.42 Å². The molecule has 80 valence electrons. The molecule has 1 atom stereocenters. The number of carbonyl (C=O) groups excluding carboxylic acids is 2. The van der Waals surface area contributed by atoms with Crippen molar-refractivity contribution in [3.05, 3.63) is 5.51 Å². The second kappa shape index (κ2) is 4.35. The lowest BCUT2D eigenvalue weighted by atomic mass is 9.98. The Hall–Kier alpha value is -1.50. The van der Waals surface area contributed by atoms with Crippen LogP contribution >= 0.6 is 11.3 Å². The predicted molar refractivity (Wildman–Crippen MR) is 54.3 cm³/mol. The maximum absolute atomic E-state index is 11.6. The number of hydrogen-bond acceptors (Lipinski definition) is 5. The van der Waals surface area contributed by atoms with Gasteiger partial charge in [-0.2, -0.15) is 0 Å². The van der Waals surface area contributed by atoms with E-state index >= 15 is 0 Å². The molecular weight excluding hydrogens is 216 g/mol. The van der Waals surface area contributed by atoms with Gasteiger partial charge in [0.1, 0.15) is 5.51 Å². The lowest BCUT2D eigenvalue weighted by Crippen LogP contribution is -2.40. The molecule has 2 heterocycles. The summed E-state index contributed by atoms with van der Waals surface area (Å²) >= 11 is 1.27. The molecule has 0 radical (unpaired) electrons. The number of rotatable bonds is 2. The summed E-state index contributed by atoms with van der Waals surface area (Å²) in [4.78, 5) is 22.5. The number of piperidine rings is 1. The Balaban J connectivity index is 1.89. The van der Waals surface area contributed by atoms with E-state index in [1.807, 2.05) is 0 Å². The minimum absolute atomic E-state index is 0.00923. The van der Waals surface area contributed by atoms with Gasteiger partial charge in [0.05, 0.1) is 5.92 Å². The van der Waals surface area contributed by atoms with Crippen LogP contribution in [0.3, 0.4) is 0 Å². The molecule has 15 heavy (non-hydrogen) atoms. The SMILES string of the molecule is O=C1CC[C@@H](C(=O)Nc2nncs2)CN1. The van der Waals surface area contributed by atoms with Gasteiger partial charge in [0, 0.05) is 13.0 Å². The minimum Gasteiger partial charge on any atom is -0.355 e. The second-order valence-corrected chi connectivity index (χ2v) is 4.11. The first-order valence-corrected chi connectivity index (χ1v) is 5.47. The van der Waals surface area contributed by atoms with E-state index in [4.69, 9.17) is 0 Å². The van der Waals surface area contributed by atoms with Crippen LogP contribution in [-0.4, -0.2) is 28.6 Å². The molecule has 0 unspecified atom stereocenters. The molecule has 1 fully saturated rings. The second-order valence-electron chi connectivity index (χ2n) is 3.27. The molecule has 7 heteroatoms. The summed E-state index contributed by atoms with van der Waals surface area (Å²) in [6.45, 7) is 0.406. The summed E-state index contributed by atoms with van der Waals surface area (Å²) in [5.74, 6) is -0.256. The molecule has 6 nitrogen and oxygen atoms in total. The zero-order valence-electron chi connectivity index (χ0n) is 7.90. The molecule has 1 aliphatic rings. The third kappa shape index (κ3) is 2.50. The molecule has 0 saturated carbocycles. The third-order valence-electron chi connectivity index (χ3n) is 2.23. The van der Waals surface area contributed by atoms with E-state index in [9.17, 15) is 9.59 Å². The molecule has 1 aromatic rings. The van der Waals surface area contributed by atoms with Crippen molar-refractivity contribution in [2.45, 2.75) is 12.8 Å². The zero-order chi connectivity index (χ0) is 10.7. The minimum atomic E-state index is -0.161. The quantitative estimate of drug-likeness (QED) is 0.743. The third-order valence-corrected chi connectivity index (χ3v) is 2.83. The predicted octanol–water partition coefficient (Wildman–Crippen LogP) is 0.00280. The van der Waals surface area contributed by atoms with Crippen LogP contribution in [0.1, 0.15) is 12.8 Å². The summed E-state index contributed by atoms with van der Waals surface area (Å²) in [5, 5.41) is 13.2. The van der Waals surface area contributed by atoms with Crippen molar-refractivity contribution < 1.29 is 9.59 Å². The number of carbonyl (C=O) groups is 2. The van der Waals surface area contributed by atoms with Crippen LogP contribution in [0.15, 0.2) is 5.51 Å². The van der Waals surface area contributed by atoms with Crippen LogP contribution in [0.2, 0.25) is 0 Å². The highest BCUT2D eigenvalue weighted by Crippen LogP contribution is 2.15. The van der Waals surface area contributed by atoms with E-state index in [0.717, 1.165) is 0 Å². The number of anilines is 1. The number of hydrogen-bond donors (Lipinski definition) is 2. The maximum atomic E-state index is 11.6. The molecule has 2 amide bonds. The van der Waals surface area contributed by atoms with E-state index in [1.165, 1.54) is 11.3 Å². The van der Waals surface area contributed by atoms with Gasteiger partial charge in [-0.1, -0.05) is 11.3 Å². The molecule has 0 aliphatic carbocycles. The fraction of sp³-hybridized carbons (Fsp3) is 0.500. The van der Waals surface area contributed by atoms with Crippen LogP contribution in [-0.2, 0) is 9.59 Å². The average molecular weight is 226 g/mol. The van der Waals surface area contributed by atoms with Crippen LogP contribution in [0, 0.1) is 5.92 Å². The van der Waals surface area contributed by atoms with Gasteiger partial charge < -0.3 is 10.6 Å². The van der Waals surface area contributed by atoms with Crippen molar-refractivity contribution in [2.24, 2.45) is 5.92 Å². The number of amides is 2. The Labute approximate surface area is 90.1 Å². The van der Waals surface area contributed by atoms with E-state index in [0.29, 0.717) is 24.5 Å². The Morgan fingerprint density at radius 3 is 3.13 bits per heavy atom. The molecule has 1 aliphatic heterocycles. The summed E-state index contributed by atoms with van der Waals surface area (Å²) < 4.78 is 0. The first-order chi connectivity index (χ1) is 7.25. The lowest BCUT2D eigenvalue weighted by molar-refractivity contribution is -0.126. The van der Waals surface area contributed by atoms with Crippen LogP contribution in [0.25, 0.3) is 0 Å². The van der Waals surface area contributed by atoms with E-state index in [-0.39, 0.29) is 17.7 Å². The van der Waals surface area contributed by atoms with Crippen LogP contribution in [0.5, 0.6) is 0 Å². The van der Waals surface area contributed by atoms with Crippen molar-refractivity contribution in [3.63, 3.8) is 0 Å². The van der Waals surface area contributed by atoms with Crippen molar-refractivity contribution in [3.8, 4) is 0 Å². The highest BCUT2D eigenvalue weighted by atomic mass is 32.1. The average Bonchev–Trinajstić information content (AvgIpc) is 2.71. The van der Waals surface area contributed by atoms with Crippen molar-refractivity contribution >= 4 is 28.3 Å². The van der Waals surface area contributed by atoms with Crippen molar-refractivity contribution in [1.29, 1.82) is 0 Å². The van der Waals surface area contributed by atoms with Gasteiger partial charge in [0.15, 0.2) is 0 Å².